The van der Waals surface area contributed by atoms with Gasteiger partial charge in [-0.05, 0) is 77.2 Å². The van der Waals surface area contributed by atoms with Crippen LogP contribution in [0.1, 0.15) is 11.1 Å². The number of rotatable bonds is 4. The summed E-state index contributed by atoms with van der Waals surface area (Å²) in [5, 5.41) is 15.6. The second-order valence-corrected chi connectivity index (χ2v) is 12.2. The Morgan fingerprint density at radius 3 is 1.46 bits per heavy atom. The number of aromatic nitrogens is 6. The summed E-state index contributed by atoms with van der Waals surface area (Å²) in [6.45, 7) is 0. The monoisotopic (exact) mass is 528 g/mol. The molecule has 10 nitrogen and oxygen atoms in total. The maximum Gasteiger partial charge on any atom is 0.284 e. The fraction of sp³-hybridized carbons (Fsp3) is 0.0400. The first-order chi connectivity index (χ1) is 17.8. The molecule has 6 aromatic rings. The number of fused-ring (bicyclic) bond motifs is 5. The van der Waals surface area contributed by atoms with Gasteiger partial charge in [0.2, 0.25) is 0 Å². The lowest BCUT2D eigenvalue weighted by molar-refractivity contribution is 0.578. The summed E-state index contributed by atoms with van der Waals surface area (Å²) in [7, 11) is -7.97. The molecule has 0 fully saturated rings. The van der Waals surface area contributed by atoms with E-state index in [-0.39, 0.29) is 9.79 Å². The molecule has 0 unspecified atom stereocenters. The quantitative estimate of drug-likeness (QED) is 0.340. The Balaban J connectivity index is 1.27. The normalized spacial score (nSPS) is 13.2. The van der Waals surface area contributed by atoms with E-state index in [1.807, 2.05) is 0 Å². The van der Waals surface area contributed by atoms with Gasteiger partial charge in [-0.1, -0.05) is 46.8 Å². The molecule has 2 aromatic heterocycles. The maximum atomic E-state index is 13.4. The van der Waals surface area contributed by atoms with E-state index in [0.717, 1.165) is 30.4 Å². The van der Waals surface area contributed by atoms with E-state index in [1.54, 1.807) is 72.8 Å². The van der Waals surface area contributed by atoms with Crippen molar-refractivity contribution >= 4 is 42.1 Å². The number of hydrogen-bond donors (Lipinski definition) is 0. The number of nitrogens with zero attached hydrogens (tertiary/aromatic N) is 6. The topological polar surface area (TPSA) is 130 Å². The third-order valence-electron chi connectivity index (χ3n) is 6.52. The minimum atomic E-state index is -3.98. The summed E-state index contributed by atoms with van der Waals surface area (Å²) in [6, 6.07) is 23.4. The molecule has 0 atom stereocenters. The van der Waals surface area contributed by atoms with E-state index in [0.29, 0.717) is 28.5 Å². The second kappa shape index (κ2) is 7.54. The largest absolute Gasteiger partial charge is 0.284 e. The lowest BCUT2D eigenvalue weighted by atomic mass is 10.1. The van der Waals surface area contributed by atoms with Crippen LogP contribution in [0.4, 0.5) is 0 Å². The van der Waals surface area contributed by atoms with Gasteiger partial charge >= 0.3 is 0 Å². The SMILES string of the molecule is O=S(=O)(c1ccc2c(c1)Cc1cc(S(=O)(=O)n3nnc4ccccc43)ccc1-2)n1nnc2ccccc21. The number of benzene rings is 4. The fourth-order valence-electron chi connectivity index (χ4n) is 4.73. The third kappa shape index (κ3) is 3.16. The zero-order valence-corrected chi connectivity index (χ0v) is 20.6. The number of hydrogen-bond acceptors (Lipinski definition) is 8. The van der Waals surface area contributed by atoms with E-state index in [1.165, 1.54) is 12.1 Å². The van der Waals surface area contributed by atoms with Crippen molar-refractivity contribution in [1.29, 1.82) is 0 Å². The summed E-state index contributed by atoms with van der Waals surface area (Å²) in [5.74, 6) is 0. The van der Waals surface area contributed by atoms with Crippen LogP contribution in [0, 0.1) is 0 Å². The zero-order chi connectivity index (χ0) is 25.4. The van der Waals surface area contributed by atoms with Crippen LogP contribution in [0.15, 0.2) is 94.7 Å². The summed E-state index contributed by atoms with van der Waals surface area (Å²) < 4.78 is 55.3. The molecular formula is C25H16N6O4S2. The van der Waals surface area contributed by atoms with Crippen molar-refractivity contribution in [2.24, 2.45) is 0 Å². The van der Waals surface area contributed by atoms with Gasteiger partial charge in [0.25, 0.3) is 20.0 Å². The van der Waals surface area contributed by atoms with Crippen molar-refractivity contribution in [3.05, 3.63) is 96.1 Å². The molecule has 1 aliphatic carbocycles. The molecule has 0 saturated heterocycles. The van der Waals surface area contributed by atoms with Crippen LogP contribution in [-0.4, -0.2) is 45.6 Å². The van der Waals surface area contributed by atoms with Gasteiger partial charge in [0.15, 0.2) is 0 Å². The van der Waals surface area contributed by atoms with Crippen molar-refractivity contribution in [3.63, 3.8) is 0 Å². The minimum absolute atomic E-state index is 0.0802. The van der Waals surface area contributed by atoms with Gasteiger partial charge in [0, 0.05) is 0 Å². The number of para-hydroxylation sites is 2. The lowest BCUT2D eigenvalue weighted by Crippen LogP contribution is -2.15. The molecule has 2 heterocycles. The molecule has 0 amide bonds. The average Bonchev–Trinajstić information content (AvgIpc) is 3.63. The molecule has 0 saturated carbocycles. The Morgan fingerprint density at radius 1 is 0.568 bits per heavy atom. The van der Waals surface area contributed by atoms with Gasteiger partial charge in [-0.3, -0.25) is 0 Å². The Kier molecular flexibility index (Phi) is 4.45. The molecule has 0 bridgehead atoms. The van der Waals surface area contributed by atoms with Crippen molar-refractivity contribution in [2.75, 3.05) is 0 Å². The van der Waals surface area contributed by atoms with Gasteiger partial charge in [0.05, 0.1) is 9.79 Å². The van der Waals surface area contributed by atoms with Gasteiger partial charge < -0.3 is 0 Å². The van der Waals surface area contributed by atoms with Crippen LogP contribution in [-0.2, 0) is 26.5 Å². The zero-order valence-electron chi connectivity index (χ0n) is 18.9. The van der Waals surface area contributed by atoms with Crippen molar-refractivity contribution in [3.8, 4) is 11.1 Å². The summed E-state index contributed by atoms with van der Waals surface area (Å²) in [4.78, 5) is 0.160. The van der Waals surface area contributed by atoms with Crippen molar-refractivity contribution in [2.45, 2.75) is 16.2 Å². The second-order valence-electron chi connectivity index (χ2n) is 8.67. The van der Waals surface area contributed by atoms with Gasteiger partial charge in [-0.15, -0.1) is 18.4 Å². The van der Waals surface area contributed by atoms with Gasteiger partial charge in [-0.2, -0.15) is 16.8 Å². The molecule has 182 valence electrons. The Bertz CT molecular complexity index is 1960. The van der Waals surface area contributed by atoms with E-state index >= 15 is 0 Å². The molecule has 12 heteroatoms. The Labute approximate surface area is 210 Å². The molecule has 37 heavy (non-hydrogen) atoms. The van der Waals surface area contributed by atoms with E-state index in [4.69, 9.17) is 0 Å². The first-order valence-corrected chi connectivity index (χ1v) is 14.1. The van der Waals surface area contributed by atoms with Crippen LogP contribution < -0.4 is 0 Å². The molecule has 7 rings (SSSR count). The van der Waals surface area contributed by atoms with Crippen LogP contribution in [0.25, 0.3) is 33.2 Å². The van der Waals surface area contributed by atoms with E-state index in [9.17, 15) is 16.8 Å². The average molecular weight is 529 g/mol. The van der Waals surface area contributed by atoms with Crippen LogP contribution in [0.2, 0.25) is 0 Å². The molecular weight excluding hydrogens is 512 g/mol. The van der Waals surface area contributed by atoms with Crippen molar-refractivity contribution < 1.29 is 16.8 Å². The predicted octanol–water partition coefficient (Wildman–Crippen LogP) is 3.22. The molecule has 4 aromatic carbocycles. The van der Waals surface area contributed by atoms with Gasteiger partial charge in [0.1, 0.15) is 22.1 Å². The van der Waals surface area contributed by atoms with E-state index in [2.05, 4.69) is 20.6 Å². The van der Waals surface area contributed by atoms with E-state index < -0.39 is 20.0 Å². The minimum Gasteiger partial charge on any atom is -0.199 e. The van der Waals surface area contributed by atoms with Crippen molar-refractivity contribution in [1.82, 2.24) is 28.8 Å². The first kappa shape index (κ1) is 21.8. The lowest BCUT2D eigenvalue weighted by Gasteiger charge is -2.08. The highest BCUT2D eigenvalue weighted by Gasteiger charge is 2.28. The molecule has 0 radical (unpaired) electrons. The summed E-state index contributed by atoms with van der Waals surface area (Å²) in [6.07, 6.45) is 0.383. The molecule has 1 aliphatic rings. The molecule has 0 N–H and O–H groups in total. The highest BCUT2D eigenvalue weighted by atomic mass is 32.2. The molecule has 0 aliphatic heterocycles. The first-order valence-electron chi connectivity index (χ1n) is 11.2. The summed E-state index contributed by atoms with van der Waals surface area (Å²) >= 11 is 0. The van der Waals surface area contributed by atoms with Crippen LogP contribution in [0.5, 0.6) is 0 Å². The summed E-state index contributed by atoms with van der Waals surface area (Å²) in [5.41, 5.74) is 5.01. The molecule has 0 spiro atoms. The Morgan fingerprint density at radius 2 is 1.00 bits per heavy atom. The van der Waals surface area contributed by atoms with Crippen LogP contribution in [0.3, 0.4) is 0 Å². The Hall–Kier alpha value is -4.42. The van der Waals surface area contributed by atoms with Crippen LogP contribution >= 0.6 is 0 Å². The van der Waals surface area contributed by atoms with Gasteiger partial charge in [-0.25, -0.2) is 0 Å². The maximum absolute atomic E-state index is 13.4. The standard InChI is InChI=1S/C25H16N6O4S2/c32-36(33,30-24-7-3-1-5-22(24)26-28-30)18-9-11-20-16(14-18)13-17-15-19(10-12-21(17)20)37(34,35)31-25-8-4-2-6-23(25)27-29-31/h1-12,14-15H,13H2. The smallest absolute Gasteiger partial charge is 0.199 e. The highest BCUT2D eigenvalue weighted by Crippen LogP contribution is 2.39. The highest BCUT2D eigenvalue weighted by molar-refractivity contribution is 7.90. The third-order valence-corrected chi connectivity index (χ3v) is 9.67. The fourth-order valence-corrected chi connectivity index (χ4v) is 7.29. The predicted molar refractivity (Wildman–Crippen MR) is 135 cm³/mol.